The third-order valence-corrected chi connectivity index (χ3v) is 18.1. The van der Waals surface area contributed by atoms with E-state index in [1.54, 1.807) is 6.92 Å². The maximum atomic E-state index is 14.1. The third-order valence-electron chi connectivity index (χ3n) is 14.2. The largest absolute Gasteiger partial charge is 0.472 e. The Morgan fingerprint density at radius 3 is 1.24 bits per heavy atom. The Labute approximate surface area is 479 Å². The average Bonchev–Trinajstić information content (AvgIpc) is 2.34. The van der Waals surface area contributed by atoms with Crippen molar-refractivity contribution in [3.8, 4) is 0 Å². The fourth-order valence-electron chi connectivity index (χ4n) is 9.88. The van der Waals surface area contributed by atoms with Crippen LogP contribution in [0.1, 0.15) is 68.6 Å². The summed E-state index contributed by atoms with van der Waals surface area (Å²) < 4.78 is 125. The van der Waals surface area contributed by atoms with Crippen molar-refractivity contribution < 1.29 is 93.0 Å². The number of aryl methyl sites for hydroxylation is 2. The number of nitrogens with two attached hydrogens (primary N) is 2. The maximum absolute atomic E-state index is 14.1. The first kappa shape index (κ1) is 63.0. The van der Waals surface area contributed by atoms with Crippen LogP contribution < -0.4 is 45.1 Å². The van der Waals surface area contributed by atoms with E-state index < -0.39 is 172 Å². The molecule has 4 aliphatic heterocycles. The van der Waals surface area contributed by atoms with E-state index in [0.717, 1.165) is 30.5 Å². The predicted octanol–water partition coefficient (Wildman–Crippen LogP) is -0.809. The maximum Gasteiger partial charge on any atom is 0.472 e. The Morgan fingerprint density at radius 2 is 0.860 bits per heavy atom. The van der Waals surface area contributed by atoms with Crippen molar-refractivity contribution in [3.05, 3.63) is 98.6 Å². The van der Waals surface area contributed by atoms with Gasteiger partial charge in [0.05, 0.1) is 45.2 Å². The van der Waals surface area contributed by atoms with E-state index in [2.05, 4.69) is 44.4 Å². The van der Waals surface area contributed by atoms with Crippen LogP contribution in [0.3, 0.4) is 0 Å². The number of ether oxygens (including phenoxy) is 4. The summed E-state index contributed by atoms with van der Waals surface area (Å²) in [5.74, 6) is -1.02. The summed E-state index contributed by atoms with van der Waals surface area (Å²) in [5, 5.41) is 0. The van der Waals surface area contributed by atoms with E-state index >= 15 is 0 Å². The van der Waals surface area contributed by atoms with Gasteiger partial charge >= 0.3 is 42.7 Å². The molecule has 0 saturated carbocycles. The van der Waals surface area contributed by atoms with Crippen LogP contribution in [0.4, 0.5) is 11.9 Å². The van der Waals surface area contributed by atoms with Crippen LogP contribution in [0.5, 0.6) is 0 Å². The van der Waals surface area contributed by atoms with Gasteiger partial charge in [0.2, 0.25) is 11.9 Å². The first-order valence-corrected chi connectivity index (χ1v) is 31.6. The molecular formula is C42H56N14O26P4. The summed E-state index contributed by atoms with van der Waals surface area (Å²) in [6.45, 7) is 1.24. The second-order valence-electron chi connectivity index (χ2n) is 20.1. The molecule has 4 aliphatic rings. The summed E-state index contributed by atoms with van der Waals surface area (Å²) in [5.41, 5.74) is 6.81. The van der Waals surface area contributed by atoms with E-state index in [4.69, 9.17) is 62.1 Å². The van der Waals surface area contributed by atoms with Crippen molar-refractivity contribution in [2.24, 2.45) is 5.92 Å². The molecular weight excluding hydrogens is 1240 g/mol. The predicted molar refractivity (Wildman–Crippen MR) is 285 cm³/mol. The highest BCUT2D eigenvalue weighted by Crippen LogP contribution is 2.54. The van der Waals surface area contributed by atoms with Gasteiger partial charge in [-0.25, -0.2) is 37.8 Å². The minimum atomic E-state index is -5.45. The van der Waals surface area contributed by atoms with Gasteiger partial charge in [0, 0.05) is 49.9 Å². The number of hydrogen-bond donors (Lipinski definition) is 10. The average molecular weight is 1300 g/mol. The molecule has 4 saturated heterocycles. The number of rotatable bonds is 23. The molecule has 4 fully saturated rings. The van der Waals surface area contributed by atoms with Gasteiger partial charge in [-0.15, -0.1) is 0 Å². The Hall–Kier alpha value is -6.06. The monoisotopic (exact) mass is 1300 g/mol. The number of nitrogens with one attached hydrogen (secondary N) is 4. The van der Waals surface area contributed by atoms with Gasteiger partial charge < -0.3 is 50.0 Å². The number of phosphoric ester groups is 4. The van der Waals surface area contributed by atoms with Crippen LogP contribution in [0.25, 0.3) is 22.3 Å². The van der Waals surface area contributed by atoms with E-state index in [1.165, 1.54) is 33.7 Å². The highest BCUT2D eigenvalue weighted by Gasteiger charge is 2.49. The van der Waals surface area contributed by atoms with Crippen molar-refractivity contribution in [1.82, 2.24) is 58.1 Å². The number of phosphoric acid groups is 4. The van der Waals surface area contributed by atoms with Crippen LogP contribution in [0.2, 0.25) is 0 Å². The van der Waals surface area contributed by atoms with E-state index in [0.29, 0.717) is 0 Å². The number of anilines is 2. The van der Waals surface area contributed by atoms with Gasteiger partial charge in [-0.3, -0.25) is 93.6 Å². The second kappa shape index (κ2) is 24.5. The molecule has 0 aliphatic carbocycles. The minimum Gasteiger partial charge on any atom is -0.369 e. The van der Waals surface area contributed by atoms with Crippen molar-refractivity contribution in [1.29, 1.82) is 0 Å². The molecule has 44 heteroatoms. The van der Waals surface area contributed by atoms with E-state index in [9.17, 15) is 66.6 Å². The Kier molecular flexibility index (Phi) is 17.9. The molecule has 86 heavy (non-hydrogen) atoms. The number of nitrogen functional groups attached to an aromatic ring is 2. The lowest BCUT2D eigenvalue weighted by molar-refractivity contribution is -0.0613. The highest BCUT2D eigenvalue weighted by molar-refractivity contribution is 7.48. The van der Waals surface area contributed by atoms with Gasteiger partial charge in [0.15, 0.2) is 22.3 Å². The molecule has 40 nitrogen and oxygen atoms in total. The molecule has 12 N–H and O–H groups in total. The topological polar surface area (TPSA) is 549 Å². The van der Waals surface area contributed by atoms with Gasteiger partial charge in [0.25, 0.3) is 22.2 Å². The van der Waals surface area contributed by atoms with Gasteiger partial charge in [-0.05, 0) is 26.2 Å². The fourth-order valence-corrected chi connectivity index (χ4v) is 13.2. The summed E-state index contributed by atoms with van der Waals surface area (Å²) >= 11 is 0. The van der Waals surface area contributed by atoms with Gasteiger partial charge in [0.1, 0.15) is 61.5 Å². The summed E-state index contributed by atoms with van der Waals surface area (Å²) in [4.78, 5) is 144. The lowest BCUT2D eigenvalue weighted by atomic mass is 10.0. The molecule has 0 bridgehead atoms. The zero-order chi connectivity index (χ0) is 61.9. The number of aromatic nitrogens is 12. The summed E-state index contributed by atoms with van der Waals surface area (Å²) in [7, 11) is -19.8. The molecule has 470 valence electrons. The van der Waals surface area contributed by atoms with Gasteiger partial charge in [-0.1, -0.05) is 6.92 Å². The molecule has 0 aromatic carbocycles. The number of imidazole rings is 2. The number of H-pyrrole nitrogens is 4. The summed E-state index contributed by atoms with van der Waals surface area (Å²) in [6.07, 6.45) is -11.4. The zero-order valence-corrected chi connectivity index (χ0v) is 48.8. The molecule has 6 aromatic heterocycles. The van der Waals surface area contributed by atoms with Crippen LogP contribution in [0.15, 0.2) is 53.8 Å². The fraction of sp³-hybridized carbons (Fsp3) is 0.571. The number of nitrogens with zero attached hydrogens (tertiary/aromatic N) is 8. The SMILES string of the molecule is COP(=O)(O)OCC1OC(n2cc(C)c(=O)[nH]c2=O)CC1OP(=O)(O)OCC1OC(n2cnc3c(=O)[nH]c(N)nc32)CC1OP(=O)(O)OCC1OC(n2cnc3c(=O)[nH]c(N)nc32)CC1OP(=O)(O)OCC1OC(n2cc(C)c(=O)[nH]c2=O)CC1C. The molecule has 10 heterocycles. The minimum absolute atomic E-state index is 0.0696. The van der Waals surface area contributed by atoms with Crippen LogP contribution in [-0.4, -0.2) is 154 Å². The molecule has 10 rings (SSSR count). The quantitative estimate of drug-likeness (QED) is 0.0351. The lowest BCUT2D eigenvalue weighted by Crippen LogP contribution is -2.33. The third kappa shape index (κ3) is 13.9. The van der Waals surface area contributed by atoms with Crippen molar-refractivity contribution in [3.63, 3.8) is 0 Å². The zero-order valence-electron chi connectivity index (χ0n) is 45.2. The Bertz CT molecular complexity index is 4130. The van der Waals surface area contributed by atoms with Crippen molar-refractivity contribution in [2.75, 3.05) is 45.0 Å². The highest BCUT2D eigenvalue weighted by atomic mass is 31.2. The number of fused-ring (bicyclic) bond motifs is 2. The lowest BCUT2D eigenvalue weighted by Gasteiger charge is -2.25. The van der Waals surface area contributed by atoms with Crippen LogP contribution in [-0.2, 0) is 73.4 Å². The smallest absolute Gasteiger partial charge is 0.369 e. The molecule has 16 atom stereocenters. The van der Waals surface area contributed by atoms with E-state index in [-0.39, 0.29) is 64.1 Å². The van der Waals surface area contributed by atoms with Crippen LogP contribution >= 0.6 is 31.3 Å². The Balaban J connectivity index is 0.862. The standard InChI is InChI=1S/C42H56N14O26P4/c1-17-5-27(53-9-18(2)35(57)51-41(53)61)76-23(17)11-73-84(65,66)81-21-7-29(55-15-45-31-33(55)47-39(43)49-37(31)59)78-25(21)13-75-86(69,70)82-22-8-30(56-16-46-32-34(56)48-40(44)50-38(32)60)79-26(22)14-74-85(67,68)80-20-6-28(54-10-19(3)36(58)52-42(54)62)77-24(20)12-72-83(63,64)71-4/h9-10,15-17,20-30H,5-8,11-14H2,1-4H3,(H,63,64)(H,65,66)(H,67,68)(H,69,70)(H,51,57,61)(H,52,58,62)(H3,43,47,49,59)(H3,44,48,50,60). The Morgan fingerprint density at radius 1 is 0.523 bits per heavy atom. The first-order chi connectivity index (χ1) is 40.4. The second-order valence-corrected chi connectivity index (χ2v) is 25.9. The van der Waals surface area contributed by atoms with E-state index in [1.807, 2.05) is 0 Å². The van der Waals surface area contributed by atoms with Gasteiger partial charge in [-0.2, -0.15) is 9.97 Å². The molecule has 16 unspecified atom stereocenters. The number of aromatic amines is 4. The normalized spacial score (nSPS) is 28.9. The van der Waals surface area contributed by atoms with Crippen LogP contribution in [0, 0.1) is 19.8 Å². The first-order valence-electron chi connectivity index (χ1n) is 25.7. The van der Waals surface area contributed by atoms with Crippen molar-refractivity contribution in [2.45, 2.75) is 114 Å². The molecule has 0 radical (unpaired) electrons. The molecule has 6 aromatic rings. The molecule has 0 spiro atoms. The van der Waals surface area contributed by atoms with Crippen molar-refractivity contribution >= 4 is 65.5 Å². The molecule has 0 amide bonds. The summed E-state index contributed by atoms with van der Waals surface area (Å²) in [6, 6.07) is 0. The number of hydrogen-bond acceptors (Lipinski definition) is 28.